The lowest BCUT2D eigenvalue weighted by molar-refractivity contribution is 0.0601. The molecule has 1 N–H and O–H groups in total. The second kappa shape index (κ2) is 4.48. The number of benzene rings is 1. The molecule has 2 aliphatic carbocycles. The molecule has 0 aliphatic heterocycles. The summed E-state index contributed by atoms with van der Waals surface area (Å²) in [5.74, 6) is 1.27. The van der Waals surface area contributed by atoms with Crippen LogP contribution in [-0.4, -0.2) is 19.1 Å². The van der Waals surface area contributed by atoms with E-state index in [2.05, 4.69) is 22.2 Å². The minimum atomic E-state index is -0.288. The maximum atomic E-state index is 11.3. The standard InChI is InChI=1S/C15H17NO2/c1-18-15(17)10-5-7-12(8-6-10)16-14-9-11-3-2-4-13(11)14/h2,4-8,11,13-14,16H,3,9H2,1H3. The van der Waals surface area contributed by atoms with Gasteiger partial charge in [-0.25, -0.2) is 4.79 Å². The van der Waals surface area contributed by atoms with Crippen LogP contribution in [0.4, 0.5) is 5.69 Å². The molecular weight excluding hydrogens is 226 g/mol. The molecule has 0 saturated heterocycles. The van der Waals surface area contributed by atoms with Gasteiger partial charge in [-0.15, -0.1) is 0 Å². The molecule has 1 aromatic carbocycles. The zero-order valence-corrected chi connectivity index (χ0v) is 10.4. The van der Waals surface area contributed by atoms with Gasteiger partial charge in [0.25, 0.3) is 0 Å². The smallest absolute Gasteiger partial charge is 0.337 e. The molecule has 2 aliphatic rings. The van der Waals surface area contributed by atoms with Crippen molar-refractivity contribution in [2.75, 3.05) is 12.4 Å². The van der Waals surface area contributed by atoms with Crippen molar-refractivity contribution in [3.05, 3.63) is 42.0 Å². The molecule has 0 bridgehead atoms. The molecule has 3 nitrogen and oxygen atoms in total. The lowest BCUT2D eigenvalue weighted by Crippen LogP contribution is -2.43. The topological polar surface area (TPSA) is 38.3 Å². The van der Waals surface area contributed by atoms with Crippen LogP contribution in [0.1, 0.15) is 23.2 Å². The Balaban J connectivity index is 1.63. The number of allylic oxidation sites excluding steroid dienone is 1. The average Bonchev–Trinajstić information content (AvgIpc) is 2.77. The van der Waals surface area contributed by atoms with Gasteiger partial charge in [-0.2, -0.15) is 0 Å². The summed E-state index contributed by atoms with van der Waals surface area (Å²) in [6.45, 7) is 0. The second-order valence-corrected chi connectivity index (χ2v) is 5.06. The number of hydrogen-bond acceptors (Lipinski definition) is 3. The van der Waals surface area contributed by atoms with Crippen LogP contribution in [0.15, 0.2) is 36.4 Å². The molecule has 0 radical (unpaired) electrons. The third-order valence-corrected chi connectivity index (χ3v) is 4.02. The van der Waals surface area contributed by atoms with Crippen LogP contribution in [0.2, 0.25) is 0 Å². The Bertz CT molecular complexity index is 478. The number of fused-ring (bicyclic) bond motifs is 1. The van der Waals surface area contributed by atoms with Gasteiger partial charge in [0.15, 0.2) is 0 Å². The molecule has 0 amide bonds. The second-order valence-electron chi connectivity index (χ2n) is 5.06. The number of rotatable bonds is 3. The Morgan fingerprint density at radius 2 is 2.11 bits per heavy atom. The highest BCUT2D eigenvalue weighted by Crippen LogP contribution is 2.43. The lowest BCUT2D eigenvalue weighted by atomic mass is 9.71. The first-order valence-electron chi connectivity index (χ1n) is 6.39. The highest BCUT2D eigenvalue weighted by molar-refractivity contribution is 5.89. The number of nitrogens with one attached hydrogen (secondary N) is 1. The summed E-state index contributed by atoms with van der Waals surface area (Å²) in [5, 5.41) is 3.53. The Morgan fingerprint density at radius 3 is 2.78 bits per heavy atom. The number of methoxy groups -OCH3 is 1. The van der Waals surface area contributed by atoms with Crippen molar-refractivity contribution >= 4 is 11.7 Å². The highest BCUT2D eigenvalue weighted by Gasteiger charge is 2.40. The van der Waals surface area contributed by atoms with E-state index < -0.39 is 0 Å². The van der Waals surface area contributed by atoms with Crippen LogP contribution >= 0.6 is 0 Å². The van der Waals surface area contributed by atoms with Crippen LogP contribution in [0.3, 0.4) is 0 Å². The average molecular weight is 243 g/mol. The number of hydrogen-bond donors (Lipinski definition) is 1. The van der Waals surface area contributed by atoms with E-state index in [0.29, 0.717) is 17.5 Å². The first kappa shape index (κ1) is 11.3. The van der Waals surface area contributed by atoms with Gasteiger partial charge in [-0.3, -0.25) is 0 Å². The molecular formula is C15H17NO2. The van der Waals surface area contributed by atoms with Gasteiger partial charge >= 0.3 is 5.97 Å². The van der Waals surface area contributed by atoms with E-state index in [1.165, 1.54) is 20.0 Å². The summed E-state index contributed by atoms with van der Waals surface area (Å²) in [5.41, 5.74) is 1.67. The van der Waals surface area contributed by atoms with Crippen molar-refractivity contribution in [3.8, 4) is 0 Å². The van der Waals surface area contributed by atoms with Gasteiger partial charge in [-0.1, -0.05) is 12.2 Å². The number of carbonyl (C=O) groups excluding carboxylic acids is 1. The number of anilines is 1. The maximum absolute atomic E-state index is 11.3. The molecule has 0 heterocycles. The molecule has 1 aromatic rings. The minimum absolute atomic E-state index is 0.288. The fourth-order valence-corrected chi connectivity index (χ4v) is 2.92. The Kier molecular flexibility index (Phi) is 2.82. The van der Waals surface area contributed by atoms with Gasteiger partial charge in [0.2, 0.25) is 0 Å². The van der Waals surface area contributed by atoms with Crippen molar-refractivity contribution in [1.82, 2.24) is 0 Å². The summed E-state index contributed by atoms with van der Waals surface area (Å²) in [7, 11) is 1.40. The van der Waals surface area contributed by atoms with Gasteiger partial charge < -0.3 is 10.1 Å². The SMILES string of the molecule is COC(=O)c1ccc(NC2CC3CC=CC32)cc1. The van der Waals surface area contributed by atoms with Crippen LogP contribution in [0.5, 0.6) is 0 Å². The van der Waals surface area contributed by atoms with Crippen LogP contribution in [0.25, 0.3) is 0 Å². The maximum Gasteiger partial charge on any atom is 0.337 e. The molecule has 3 rings (SSSR count). The van der Waals surface area contributed by atoms with Crippen molar-refractivity contribution in [3.63, 3.8) is 0 Å². The molecule has 18 heavy (non-hydrogen) atoms. The van der Waals surface area contributed by atoms with Crippen LogP contribution in [0, 0.1) is 11.8 Å². The zero-order chi connectivity index (χ0) is 12.5. The fourth-order valence-electron chi connectivity index (χ4n) is 2.92. The van der Waals surface area contributed by atoms with E-state index in [9.17, 15) is 4.79 Å². The zero-order valence-electron chi connectivity index (χ0n) is 10.4. The molecule has 0 aromatic heterocycles. The molecule has 3 unspecified atom stereocenters. The van der Waals surface area contributed by atoms with Crippen molar-refractivity contribution in [2.45, 2.75) is 18.9 Å². The minimum Gasteiger partial charge on any atom is -0.465 e. The Morgan fingerprint density at radius 1 is 1.33 bits per heavy atom. The predicted octanol–water partition coefficient (Wildman–Crippen LogP) is 2.85. The van der Waals surface area contributed by atoms with E-state index in [1.807, 2.05) is 12.1 Å². The van der Waals surface area contributed by atoms with Gasteiger partial charge in [-0.05, 0) is 43.0 Å². The third kappa shape index (κ3) is 1.90. The summed E-state index contributed by atoms with van der Waals surface area (Å²) in [6.07, 6.45) is 7.10. The van der Waals surface area contributed by atoms with Crippen LogP contribution < -0.4 is 5.32 Å². The van der Waals surface area contributed by atoms with E-state index in [0.717, 1.165) is 11.6 Å². The van der Waals surface area contributed by atoms with Crippen molar-refractivity contribution in [1.29, 1.82) is 0 Å². The van der Waals surface area contributed by atoms with Crippen molar-refractivity contribution in [2.24, 2.45) is 11.8 Å². The number of ether oxygens (including phenoxy) is 1. The number of esters is 1. The molecule has 94 valence electrons. The van der Waals surface area contributed by atoms with Gasteiger partial charge in [0.1, 0.15) is 0 Å². The molecule has 1 saturated carbocycles. The molecule has 1 fully saturated rings. The van der Waals surface area contributed by atoms with Crippen molar-refractivity contribution < 1.29 is 9.53 Å². The molecule has 0 spiro atoms. The molecule has 3 atom stereocenters. The van der Waals surface area contributed by atoms with E-state index in [1.54, 1.807) is 12.1 Å². The van der Waals surface area contributed by atoms with E-state index in [4.69, 9.17) is 0 Å². The summed E-state index contributed by atoms with van der Waals surface area (Å²) >= 11 is 0. The van der Waals surface area contributed by atoms with Gasteiger partial charge in [0.05, 0.1) is 12.7 Å². The first-order valence-corrected chi connectivity index (χ1v) is 6.39. The molecule has 3 heteroatoms. The first-order chi connectivity index (χ1) is 8.78. The Labute approximate surface area is 107 Å². The van der Waals surface area contributed by atoms with E-state index >= 15 is 0 Å². The largest absolute Gasteiger partial charge is 0.465 e. The predicted molar refractivity (Wildman–Crippen MR) is 70.5 cm³/mol. The van der Waals surface area contributed by atoms with Crippen LogP contribution in [-0.2, 0) is 4.74 Å². The summed E-state index contributed by atoms with van der Waals surface area (Å²) in [4.78, 5) is 11.3. The normalized spacial score (nSPS) is 28.4. The monoisotopic (exact) mass is 243 g/mol. The fraction of sp³-hybridized carbons (Fsp3) is 0.400. The third-order valence-electron chi connectivity index (χ3n) is 4.02. The summed E-state index contributed by atoms with van der Waals surface area (Å²) in [6, 6.07) is 8.04. The summed E-state index contributed by atoms with van der Waals surface area (Å²) < 4.78 is 4.68. The Hall–Kier alpha value is -1.77. The van der Waals surface area contributed by atoms with E-state index in [-0.39, 0.29) is 5.97 Å². The van der Waals surface area contributed by atoms with Gasteiger partial charge in [0, 0.05) is 17.6 Å². The lowest BCUT2D eigenvalue weighted by Gasteiger charge is -2.41. The quantitative estimate of drug-likeness (QED) is 0.655. The highest BCUT2D eigenvalue weighted by atomic mass is 16.5. The number of carbonyl (C=O) groups is 1.